The van der Waals surface area contributed by atoms with Gasteiger partial charge in [0.1, 0.15) is 12.1 Å². The Morgan fingerprint density at radius 2 is 1.64 bits per heavy atom. The van der Waals surface area contributed by atoms with E-state index in [0.717, 1.165) is 0 Å². The Bertz CT molecular complexity index is 259. The van der Waals surface area contributed by atoms with Crippen LogP contribution in [-0.2, 0) is 9.47 Å². The van der Waals surface area contributed by atoms with Gasteiger partial charge in [-0.15, -0.1) is 0 Å². The van der Waals surface area contributed by atoms with Crippen LogP contribution >= 0.6 is 0 Å². The minimum absolute atomic E-state index is 0.00819. The lowest BCUT2D eigenvalue weighted by molar-refractivity contribution is 0.335. The van der Waals surface area contributed by atoms with Crippen LogP contribution in [0.15, 0.2) is 9.98 Å². The third-order valence-electron chi connectivity index (χ3n) is 2.25. The van der Waals surface area contributed by atoms with Crippen molar-refractivity contribution in [2.75, 3.05) is 14.2 Å². The van der Waals surface area contributed by atoms with Crippen LogP contribution in [0.3, 0.4) is 0 Å². The molecule has 0 aromatic heterocycles. The van der Waals surface area contributed by atoms with Crippen LogP contribution in [0.1, 0.15) is 20.8 Å². The standard InChI is InChI=1S/C10H18N2O2/c1-6(2)8-10(14-5)11-7(3)9(12-8)13-4/h6-8H,1-5H3. The first-order chi connectivity index (χ1) is 6.60. The Kier molecular flexibility index (Phi) is 3.49. The average molecular weight is 198 g/mol. The fraction of sp³-hybridized carbons (Fsp3) is 0.800. The van der Waals surface area contributed by atoms with Crippen molar-refractivity contribution < 1.29 is 9.47 Å². The van der Waals surface area contributed by atoms with Gasteiger partial charge in [-0.2, -0.15) is 0 Å². The van der Waals surface area contributed by atoms with E-state index < -0.39 is 0 Å². The van der Waals surface area contributed by atoms with Crippen molar-refractivity contribution in [1.29, 1.82) is 0 Å². The van der Waals surface area contributed by atoms with Crippen LogP contribution in [0.25, 0.3) is 0 Å². The highest BCUT2D eigenvalue weighted by atomic mass is 16.5. The number of nitrogens with zero attached hydrogens (tertiary/aromatic N) is 2. The van der Waals surface area contributed by atoms with Gasteiger partial charge in [-0.3, -0.25) is 0 Å². The predicted octanol–water partition coefficient (Wildman–Crippen LogP) is 1.50. The van der Waals surface area contributed by atoms with Gasteiger partial charge in [-0.1, -0.05) is 13.8 Å². The van der Waals surface area contributed by atoms with Crippen LogP contribution in [0.5, 0.6) is 0 Å². The van der Waals surface area contributed by atoms with Crippen molar-refractivity contribution >= 4 is 11.8 Å². The molecule has 0 spiro atoms. The van der Waals surface area contributed by atoms with E-state index >= 15 is 0 Å². The number of aliphatic imine (C=N–C) groups is 2. The highest BCUT2D eigenvalue weighted by molar-refractivity contribution is 5.93. The lowest BCUT2D eigenvalue weighted by atomic mass is 10.0. The number of ether oxygens (including phenoxy) is 2. The molecule has 4 nitrogen and oxygen atoms in total. The molecule has 0 bridgehead atoms. The highest BCUT2D eigenvalue weighted by Gasteiger charge is 2.28. The molecule has 1 rings (SSSR count). The second kappa shape index (κ2) is 4.44. The zero-order valence-electron chi connectivity index (χ0n) is 9.44. The van der Waals surface area contributed by atoms with E-state index in [1.807, 2.05) is 6.92 Å². The second-order valence-electron chi connectivity index (χ2n) is 3.71. The Morgan fingerprint density at radius 1 is 1.07 bits per heavy atom. The first-order valence-corrected chi connectivity index (χ1v) is 4.83. The molecule has 4 heteroatoms. The van der Waals surface area contributed by atoms with Gasteiger partial charge in [0.2, 0.25) is 11.8 Å². The molecule has 0 saturated heterocycles. The molecule has 0 aromatic carbocycles. The zero-order valence-corrected chi connectivity index (χ0v) is 9.44. The summed E-state index contributed by atoms with van der Waals surface area (Å²) in [5.74, 6) is 1.75. The van der Waals surface area contributed by atoms with E-state index in [4.69, 9.17) is 9.47 Å². The fourth-order valence-corrected chi connectivity index (χ4v) is 1.45. The Morgan fingerprint density at radius 3 is 2.07 bits per heavy atom. The molecule has 80 valence electrons. The van der Waals surface area contributed by atoms with E-state index in [2.05, 4.69) is 23.8 Å². The van der Waals surface area contributed by atoms with Gasteiger partial charge in [0.25, 0.3) is 0 Å². The molecule has 0 radical (unpaired) electrons. The van der Waals surface area contributed by atoms with E-state index in [-0.39, 0.29) is 12.1 Å². The first-order valence-electron chi connectivity index (χ1n) is 4.83. The normalized spacial score (nSPS) is 27.0. The van der Waals surface area contributed by atoms with Crippen LogP contribution < -0.4 is 0 Å². The lowest BCUT2D eigenvalue weighted by Crippen LogP contribution is -2.36. The molecule has 0 fully saturated rings. The van der Waals surface area contributed by atoms with Crippen molar-refractivity contribution in [1.82, 2.24) is 0 Å². The van der Waals surface area contributed by atoms with Gasteiger partial charge in [0.15, 0.2) is 0 Å². The maximum absolute atomic E-state index is 5.22. The largest absolute Gasteiger partial charge is 0.483 e. The summed E-state index contributed by atoms with van der Waals surface area (Å²) in [4.78, 5) is 8.87. The highest BCUT2D eigenvalue weighted by Crippen LogP contribution is 2.16. The topological polar surface area (TPSA) is 43.2 Å². The van der Waals surface area contributed by atoms with E-state index in [9.17, 15) is 0 Å². The van der Waals surface area contributed by atoms with Gasteiger partial charge in [0.05, 0.1) is 14.2 Å². The van der Waals surface area contributed by atoms with Gasteiger partial charge in [-0.05, 0) is 12.8 Å². The first kappa shape index (κ1) is 11.0. The summed E-state index contributed by atoms with van der Waals surface area (Å²) >= 11 is 0. The maximum Gasteiger partial charge on any atom is 0.209 e. The van der Waals surface area contributed by atoms with Crippen molar-refractivity contribution in [3.05, 3.63) is 0 Å². The molecule has 0 aliphatic carbocycles. The summed E-state index contributed by atoms with van der Waals surface area (Å²) in [5, 5.41) is 0. The van der Waals surface area contributed by atoms with Crippen LogP contribution in [-0.4, -0.2) is 38.1 Å². The number of rotatable bonds is 1. The molecule has 0 N–H and O–H groups in total. The van der Waals surface area contributed by atoms with Crippen molar-refractivity contribution in [3.63, 3.8) is 0 Å². The SMILES string of the molecule is COC1=NC(C(C)C)C(OC)=NC1C. The van der Waals surface area contributed by atoms with Crippen molar-refractivity contribution in [2.45, 2.75) is 32.9 Å². The zero-order chi connectivity index (χ0) is 10.7. The molecule has 2 atom stereocenters. The lowest BCUT2D eigenvalue weighted by Gasteiger charge is -2.25. The second-order valence-corrected chi connectivity index (χ2v) is 3.71. The molecule has 0 amide bonds. The van der Waals surface area contributed by atoms with Crippen LogP contribution in [0.2, 0.25) is 0 Å². The maximum atomic E-state index is 5.22. The van der Waals surface area contributed by atoms with Crippen molar-refractivity contribution in [3.8, 4) is 0 Å². The Hall–Kier alpha value is -1.06. The Labute approximate surface area is 85.0 Å². The number of hydrogen-bond donors (Lipinski definition) is 0. The molecule has 1 aliphatic rings. The molecule has 1 heterocycles. The molecular weight excluding hydrogens is 180 g/mol. The molecule has 14 heavy (non-hydrogen) atoms. The van der Waals surface area contributed by atoms with Crippen LogP contribution in [0, 0.1) is 5.92 Å². The molecular formula is C10H18N2O2. The van der Waals surface area contributed by atoms with Gasteiger partial charge in [0, 0.05) is 0 Å². The summed E-state index contributed by atoms with van der Waals surface area (Å²) in [5.41, 5.74) is 0. The smallest absolute Gasteiger partial charge is 0.209 e. The fourth-order valence-electron chi connectivity index (χ4n) is 1.45. The van der Waals surface area contributed by atoms with Gasteiger partial charge < -0.3 is 9.47 Å². The average Bonchev–Trinajstić information content (AvgIpc) is 2.16. The minimum Gasteiger partial charge on any atom is -0.483 e. The molecule has 0 aromatic rings. The molecule has 2 unspecified atom stereocenters. The summed E-state index contributed by atoms with van der Waals surface area (Å²) in [7, 11) is 3.26. The monoisotopic (exact) mass is 198 g/mol. The van der Waals surface area contributed by atoms with Gasteiger partial charge >= 0.3 is 0 Å². The third kappa shape index (κ3) is 2.05. The Balaban J connectivity index is 2.91. The van der Waals surface area contributed by atoms with E-state index in [1.54, 1.807) is 14.2 Å². The minimum atomic E-state index is -0.0371. The number of methoxy groups -OCH3 is 2. The van der Waals surface area contributed by atoms with E-state index in [0.29, 0.717) is 17.7 Å². The third-order valence-corrected chi connectivity index (χ3v) is 2.25. The van der Waals surface area contributed by atoms with E-state index in [1.165, 1.54) is 0 Å². The summed E-state index contributed by atoms with van der Waals surface area (Å²) in [6.45, 7) is 6.12. The summed E-state index contributed by atoms with van der Waals surface area (Å²) < 4.78 is 10.4. The predicted molar refractivity (Wildman–Crippen MR) is 57.0 cm³/mol. The number of hydrogen-bond acceptors (Lipinski definition) is 4. The molecule has 1 aliphatic heterocycles. The quantitative estimate of drug-likeness (QED) is 0.641. The van der Waals surface area contributed by atoms with Gasteiger partial charge in [-0.25, -0.2) is 9.98 Å². The summed E-state index contributed by atoms with van der Waals surface area (Å²) in [6.07, 6.45) is 0. The van der Waals surface area contributed by atoms with Crippen LogP contribution in [0.4, 0.5) is 0 Å². The van der Waals surface area contributed by atoms with Crippen molar-refractivity contribution in [2.24, 2.45) is 15.9 Å². The molecule has 0 saturated carbocycles. The summed E-state index contributed by atoms with van der Waals surface area (Å²) in [6, 6.07) is -0.0453.